The van der Waals surface area contributed by atoms with E-state index in [9.17, 15) is 14.4 Å². The molecule has 2 aromatic carbocycles. The molecule has 0 bridgehead atoms. The monoisotopic (exact) mass is 478 g/mol. The van der Waals surface area contributed by atoms with Gasteiger partial charge in [0.1, 0.15) is 5.75 Å². The predicted molar refractivity (Wildman–Crippen MR) is 127 cm³/mol. The Morgan fingerprint density at radius 2 is 1.74 bits per heavy atom. The van der Waals surface area contributed by atoms with E-state index in [0.717, 1.165) is 37.0 Å². The van der Waals surface area contributed by atoms with Gasteiger partial charge in [-0.05, 0) is 61.6 Å². The first-order valence-electron chi connectivity index (χ1n) is 12.2. The van der Waals surface area contributed by atoms with Gasteiger partial charge in [0.25, 0.3) is 17.7 Å². The molecule has 3 aliphatic rings. The lowest BCUT2D eigenvalue weighted by Gasteiger charge is -2.26. The molecular weight excluding hydrogens is 448 g/mol. The average Bonchev–Trinajstić information content (AvgIpc) is 3.63. The smallest absolute Gasteiger partial charge is 0.261 e. The molecule has 2 atom stereocenters. The number of amides is 3. The molecule has 3 heterocycles. The van der Waals surface area contributed by atoms with Crippen molar-refractivity contribution in [3.63, 3.8) is 0 Å². The molecule has 0 aliphatic carbocycles. The number of carbonyl (C=O) groups excluding carboxylic acids is 3. The van der Waals surface area contributed by atoms with Crippen molar-refractivity contribution in [3.05, 3.63) is 64.7 Å². The summed E-state index contributed by atoms with van der Waals surface area (Å²) in [6, 6.07) is 12.4. The zero-order valence-electron chi connectivity index (χ0n) is 19.9. The number of hydrogen-bond donors (Lipinski definition) is 0. The molecule has 35 heavy (non-hydrogen) atoms. The van der Waals surface area contributed by atoms with Gasteiger partial charge in [-0.2, -0.15) is 0 Å². The summed E-state index contributed by atoms with van der Waals surface area (Å²) in [6.07, 6.45) is 3.49. The van der Waals surface area contributed by atoms with Gasteiger partial charge in [0.05, 0.1) is 37.0 Å². The Kier molecular flexibility index (Phi) is 6.83. The lowest BCUT2D eigenvalue weighted by Crippen LogP contribution is -2.37. The van der Waals surface area contributed by atoms with Crippen molar-refractivity contribution in [1.82, 2.24) is 9.80 Å². The highest BCUT2D eigenvalue weighted by Crippen LogP contribution is 2.27. The lowest BCUT2D eigenvalue weighted by molar-refractivity contribution is 0.0475. The molecule has 0 N–H and O–H groups in total. The van der Waals surface area contributed by atoms with Crippen molar-refractivity contribution in [2.24, 2.45) is 0 Å². The molecule has 184 valence electrons. The number of carbonyl (C=O) groups is 3. The number of methoxy groups -OCH3 is 1. The van der Waals surface area contributed by atoms with Gasteiger partial charge in [-0.1, -0.05) is 12.1 Å². The van der Waals surface area contributed by atoms with E-state index in [1.54, 1.807) is 30.2 Å². The average molecular weight is 479 g/mol. The number of ether oxygens (including phenoxy) is 3. The minimum Gasteiger partial charge on any atom is -0.497 e. The fourth-order valence-electron chi connectivity index (χ4n) is 5.01. The van der Waals surface area contributed by atoms with Crippen LogP contribution in [0.5, 0.6) is 5.75 Å². The van der Waals surface area contributed by atoms with Crippen LogP contribution in [0.1, 0.15) is 62.3 Å². The second-order valence-corrected chi connectivity index (χ2v) is 9.29. The Hall–Kier alpha value is -3.23. The number of hydrogen-bond acceptors (Lipinski definition) is 6. The van der Waals surface area contributed by atoms with Crippen LogP contribution in [0.25, 0.3) is 0 Å². The van der Waals surface area contributed by atoms with Crippen LogP contribution in [-0.4, -0.2) is 73.1 Å². The summed E-state index contributed by atoms with van der Waals surface area (Å²) in [4.78, 5) is 42.6. The van der Waals surface area contributed by atoms with Gasteiger partial charge >= 0.3 is 0 Å². The lowest BCUT2D eigenvalue weighted by atomic mass is 10.0. The maximum absolute atomic E-state index is 13.6. The van der Waals surface area contributed by atoms with E-state index in [2.05, 4.69) is 0 Å². The Balaban J connectivity index is 1.38. The zero-order valence-corrected chi connectivity index (χ0v) is 19.9. The van der Waals surface area contributed by atoms with Crippen LogP contribution >= 0.6 is 0 Å². The minimum atomic E-state index is -0.367. The summed E-state index contributed by atoms with van der Waals surface area (Å²) < 4.78 is 16.7. The first-order chi connectivity index (χ1) is 17.0. The van der Waals surface area contributed by atoms with Crippen LogP contribution in [-0.2, 0) is 16.0 Å². The number of imide groups is 1. The maximum atomic E-state index is 13.6. The van der Waals surface area contributed by atoms with Gasteiger partial charge in [-0.15, -0.1) is 0 Å². The molecule has 3 amide bonds. The predicted octanol–water partition coefficient (Wildman–Crippen LogP) is 3.29. The van der Waals surface area contributed by atoms with Crippen LogP contribution in [0.4, 0.5) is 0 Å². The van der Waals surface area contributed by atoms with Crippen LogP contribution in [0, 0.1) is 0 Å². The van der Waals surface area contributed by atoms with Gasteiger partial charge in [0.15, 0.2) is 0 Å². The second kappa shape index (κ2) is 10.2. The molecule has 0 aromatic heterocycles. The molecule has 2 saturated heterocycles. The number of fused-ring (bicyclic) bond motifs is 1. The van der Waals surface area contributed by atoms with E-state index in [-0.39, 0.29) is 42.0 Å². The summed E-state index contributed by atoms with van der Waals surface area (Å²) in [7, 11) is 1.61. The quantitative estimate of drug-likeness (QED) is 0.542. The summed E-state index contributed by atoms with van der Waals surface area (Å²) in [5.74, 6) is -0.176. The zero-order chi connectivity index (χ0) is 24.4. The van der Waals surface area contributed by atoms with Crippen LogP contribution < -0.4 is 4.74 Å². The van der Waals surface area contributed by atoms with Gasteiger partial charge in [-0.25, -0.2) is 0 Å². The van der Waals surface area contributed by atoms with Crippen molar-refractivity contribution in [3.8, 4) is 5.75 Å². The van der Waals surface area contributed by atoms with Crippen molar-refractivity contribution in [2.75, 3.05) is 33.4 Å². The first kappa shape index (κ1) is 23.5. The summed E-state index contributed by atoms with van der Waals surface area (Å²) in [6.45, 7) is 2.43. The molecule has 0 spiro atoms. The van der Waals surface area contributed by atoms with Crippen molar-refractivity contribution >= 4 is 17.7 Å². The Morgan fingerprint density at radius 1 is 1.00 bits per heavy atom. The highest BCUT2D eigenvalue weighted by molar-refractivity contribution is 6.22. The van der Waals surface area contributed by atoms with Gasteiger partial charge in [0.2, 0.25) is 0 Å². The van der Waals surface area contributed by atoms with E-state index >= 15 is 0 Å². The third-order valence-electron chi connectivity index (χ3n) is 6.87. The first-order valence-corrected chi connectivity index (χ1v) is 12.2. The molecule has 2 unspecified atom stereocenters. The van der Waals surface area contributed by atoms with Gasteiger partial charge in [0, 0.05) is 31.9 Å². The van der Waals surface area contributed by atoms with Crippen LogP contribution in [0.3, 0.4) is 0 Å². The van der Waals surface area contributed by atoms with E-state index in [1.807, 2.05) is 24.3 Å². The largest absolute Gasteiger partial charge is 0.497 e. The van der Waals surface area contributed by atoms with E-state index in [0.29, 0.717) is 37.4 Å². The van der Waals surface area contributed by atoms with Gasteiger partial charge in [-0.3, -0.25) is 19.3 Å². The topological polar surface area (TPSA) is 85.4 Å². The van der Waals surface area contributed by atoms with E-state index in [4.69, 9.17) is 14.2 Å². The second-order valence-electron chi connectivity index (χ2n) is 9.29. The van der Waals surface area contributed by atoms with Crippen LogP contribution in [0.2, 0.25) is 0 Å². The fraction of sp³-hybridized carbons (Fsp3) is 0.444. The minimum absolute atomic E-state index is 0.0240. The molecule has 0 saturated carbocycles. The molecule has 0 radical (unpaired) electrons. The fourth-order valence-corrected chi connectivity index (χ4v) is 5.01. The molecule has 2 aromatic rings. The van der Waals surface area contributed by atoms with Crippen molar-refractivity contribution < 1.29 is 28.6 Å². The summed E-state index contributed by atoms with van der Waals surface area (Å²) >= 11 is 0. The molecule has 8 nitrogen and oxygen atoms in total. The Bertz CT molecular complexity index is 1120. The standard InChI is InChI=1S/C27H30N2O6/c1-33-20-6-2-5-18(13-20)15-28(16-21-7-3-11-34-21)25(30)19-9-10-23-24(14-19)27(32)29(26(23)31)17-22-8-4-12-35-22/h2,5-6,9-10,13-14,21-22H,3-4,7-8,11-12,15-17H2,1H3. The Labute approximate surface area is 204 Å². The Morgan fingerprint density at radius 3 is 2.46 bits per heavy atom. The number of nitrogens with zero attached hydrogens (tertiary/aromatic N) is 2. The summed E-state index contributed by atoms with van der Waals surface area (Å²) in [5, 5.41) is 0. The molecule has 3 aliphatic heterocycles. The van der Waals surface area contributed by atoms with Crippen molar-refractivity contribution in [1.29, 1.82) is 0 Å². The number of benzene rings is 2. The van der Waals surface area contributed by atoms with Gasteiger partial charge < -0.3 is 19.1 Å². The summed E-state index contributed by atoms with van der Waals surface area (Å²) in [5.41, 5.74) is 1.93. The highest BCUT2D eigenvalue weighted by atomic mass is 16.5. The third kappa shape index (κ3) is 4.94. The van der Waals surface area contributed by atoms with Crippen LogP contribution in [0.15, 0.2) is 42.5 Å². The van der Waals surface area contributed by atoms with E-state index < -0.39 is 0 Å². The molecular formula is C27H30N2O6. The SMILES string of the molecule is COc1cccc(CN(CC2CCCO2)C(=O)c2ccc3c(c2)C(=O)N(CC2CCCO2)C3=O)c1. The van der Waals surface area contributed by atoms with Crippen molar-refractivity contribution in [2.45, 2.75) is 44.4 Å². The third-order valence-corrected chi connectivity index (χ3v) is 6.87. The number of rotatable bonds is 8. The molecule has 5 rings (SSSR count). The normalized spacial score (nSPS) is 21.5. The maximum Gasteiger partial charge on any atom is 0.261 e. The van der Waals surface area contributed by atoms with E-state index in [1.165, 1.54) is 4.90 Å². The molecule has 2 fully saturated rings. The molecule has 8 heteroatoms. The highest BCUT2D eigenvalue weighted by Gasteiger charge is 2.38.